The van der Waals surface area contributed by atoms with E-state index in [0.717, 1.165) is 37.6 Å². The highest BCUT2D eigenvalue weighted by Gasteiger charge is 2.18. The summed E-state index contributed by atoms with van der Waals surface area (Å²) in [4.78, 5) is 18.5. The number of nitrogens with zero attached hydrogens (tertiary/aromatic N) is 2. The van der Waals surface area contributed by atoms with Crippen LogP contribution in [0.25, 0.3) is 5.70 Å². The van der Waals surface area contributed by atoms with Crippen LogP contribution < -0.4 is 21.3 Å². The van der Waals surface area contributed by atoms with Crippen LogP contribution in [-0.2, 0) is 9.53 Å². The average Bonchev–Trinajstić information content (AvgIpc) is 2.84. The van der Waals surface area contributed by atoms with Crippen LogP contribution in [0.2, 0.25) is 0 Å². The quantitative estimate of drug-likeness (QED) is 0.424. The van der Waals surface area contributed by atoms with Crippen molar-refractivity contribution in [1.29, 1.82) is 0 Å². The van der Waals surface area contributed by atoms with Crippen LogP contribution in [0.3, 0.4) is 0 Å². The van der Waals surface area contributed by atoms with Gasteiger partial charge in [-0.1, -0.05) is 32.6 Å². The fourth-order valence-corrected chi connectivity index (χ4v) is 3.34. The highest BCUT2D eigenvalue weighted by atomic mass is 16.5. The highest BCUT2D eigenvalue weighted by Crippen LogP contribution is 2.20. The van der Waals surface area contributed by atoms with Gasteiger partial charge in [0.1, 0.15) is 11.9 Å². The minimum atomic E-state index is -1.05. The van der Waals surface area contributed by atoms with E-state index < -0.39 is 12.0 Å². The van der Waals surface area contributed by atoms with Gasteiger partial charge < -0.3 is 31.1 Å². The van der Waals surface area contributed by atoms with Crippen LogP contribution in [0.15, 0.2) is 72.0 Å². The van der Waals surface area contributed by atoms with E-state index >= 15 is 0 Å². The second kappa shape index (κ2) is 12.0. The van der Waals surface area contributed by atoms with Crippen molar-refractivity contribution in [2.45, 2.75) is 20.0 Å². The van der Waals surface area contributed by atoms with Crippen molar-refractivity contribution in [1.82, 2.24) is 0 Å². The Balaban J connectivity index is 1.51. The van der Waals surface area contributed by atoms with Gasteiger partial charge in [-0.05, 0) is 54.0 Å². The van der Waals surface area contributed by atoms with E-state index in [1.54, 1.807) is 50.4 Å². The Hall–Kier alpha value is -3.62. The lowest BCUT2D eigenvalue weighted by Gasteiger charge is -2.28. The third-order valence-corrected chi connectivity index (χ3v) is 5.40. The van der Waals surface area contributed by atoms with E-state index in [2.05, 4.69) is 39.2 Å². The molecule has 1 aliphatic rings. The Morgan fingerprint density at radius 2 is 1.68 bits per heavy atom. The third-order valence-electron chi connectivity index (χ3n) is 5.40. The van der Waals surface area contributed by atoms with Crippen molar-refractivity contribution in [2.24, 2.45) is 16.6 Å². The number of carbonyl (C=O) groups excluding carboxylic acids is 1. The molecule has 0 unspecified atom stereocenters. The van der Waals surface area contributed by atoms with Crippen molar-refractivity contribution in [2.75, 3.05) is 41.8 Å². The summed E-state index contributed by atoms with van der Waals surface area (Å²) < 4.78 is 5.40. The van der Waals surface area contributed by atoms with Gasteiger partial charge in [-0.25, -0.2) is 4.99 Å². The molecule has 1 aliphatic heterocycles. The normalized spacial score (nSPS) is 15.4. The lowest BCUT2D eigenvalue weighted by Crippen LogP contribution is -2.36. The third kappa shape index (κ3) is 7.19. The molecule has 180 valence electrons. The molecule has 1 saturated heterocycles. The maximum absolute atomic E-state index is 12.0. The summed E-state index contributed by atoms with van der Waals surface area (Å²) in [6.07, 6.45) is 2.22. The number of carbonyl (C=O) groups is 1. The molecule has 2 aromatic carbocycles. The maximum Gasteiger partial charge on any atom is 0.253 e. The summed E-state index contributed by atoms with van der Waals surface area (Å²) in [7, 11) is 0. The van der Waals surface area contributed by atoms with E-state index in [4.69, 9.17) is 10.5 Å². The molecule has 0 spiro atoms. The van der Waals surface area contributed by atoms with Crippen LogP contribution in [0.1, 0.15) is 19.4 Å². The number of hydrogen-bond donors (Lipinski definition) is 4. The Morgan fingerprint density at radius 3 is 2.29 bits per heavy atom. The van der Waals surface area contributed by atoms with Crippen LogP contribution in [0, 0.1) is 5.92 Å². The number of anilines is 3. The zero-order chi connectivity index (χ0) is 24.5. The van der Waals surface area contributed by atoms with Crippen LogP contribution >= 0.6 is 0 Å². The first-order chi connectivity index (χ1) is 16.3. The number of allylic oxidation sites excluding steroid dienone is 1. The molecule has 8 heteroatoms. The number of hydrogen-bond acceptors (Lipinski definition) is 7. The van der Waals surface area contributed by atoms with Crippen molar-refractivity contribution in [3.8, 4) is 0 Å². The number of rotatable bonds is 9. The number of aliphatic imine (C=N–C) groups is 1. The molecule has 1 fully saturated rings. The van der Waals surface area contributed by atoms with Crippen molar-refractivity contribution >= 4 is 34.9 Å². The predicted octanol–water partition coefficient (Wildman–Crippen LogP) is 3.43. The van der Waals surface area contributed by atoms with Gasteiger partial charge in [-0.15, -0.1) is 0 Å². The second-order valence-electron chi connectivity index (χ2n) is 8.37. The topological polar surface area (TPSA) is 112 Å². The number of aliphatic hydroxyl groups excluding tert-OH is 1. The van der Waals surface area contributed by atoms with Crippen LogP contribution in [-0.4, -0.2) is 49.6 Å². The number of aliphatic hydroxyl groups is 1. The van der Waals surface area contributed by atoms with Gasteiger partial charge in [0, 0.05) is 42.1 Å². The molecule has 5 N–H and O–H groups in total. The Morgan fingerprint density at radius 1 is 1.09 bits per heavy atom. The number of benzene rings is 2. The van der Waals surface area contributed by atoms with Gasteiger partial charge in [0.2, 0.25) is 0 Å². The minimum absolute atomic E-state index is 0.157. The Kier molecular flexibility index (Phi) is 8.84. The zero-order valence-electron chi connectivity index (χ0n) is 19.7. The molecule has 0 aliphatic carbocycles. The molecule has 1 heterocycles. The molecule has 3 rings (SSSR count). The fourth-order valence-electron chi connectivity index (χ4n) is 3.34. The van der Waals surface area contributed by atoms with Crippen molar-refractivity contribution in [3.05, 3.63) is 72.6 Å². The molecule has 0 radical (unpaired) electrons. The summed E-state index contributed by atoms with van der Waals surface area (Å²) in [5.41, 5.74) is 10.1. The van der Waals surface area contributed by atoms with Crippen LogP contribution in [0.5, 0.6) is 0 Å². The number of ether oxygens (including phenoxy) is 1. The predicted molar refractivity (Wildman–Crippen MR) is 139 cm³/mol. The van der Waals surface area contributed by atoms with Gasteiger partial charge in [-0.2, -0.15) is 0 Å². The first kappa shape index (κ1) is 25.0. The second-order valence-corrected chi connectivity index (χ2v) is 8.37. The SMILES string of the molecule is C=C(/N=C\C=C(/N)c1ccc(NC(=O)[C@H](O)C(C)C)cc1)Nc1ccc(N2CCOCC2)cc1. The van der Waals surface area contributed by atoms with E-state index in [1.165, 1.54) is 5.69 Å². The van der Waals surface area contributed by atoms with Crippen molar-refractivity contribution < 1.29 is 14.6 Å². The lowest BCUT2D eigenvalue weighted by atomic mass is 10.1. The van der Waals surface area contributed by atoms with Gasteiger partial charge in [0.15, 0.2) is 0 Å². The largest absolute Gasteiger partial charge is 0.398 e. The first-order valence-electron chi connectivity index (χ1n) is 11.3. The smallest absolute Gasteiger partial charge is 0.253 e. The van der Waals surface area contributed by atoms with Gasteiger partial charge in [0.25, 0.3) is 5.91 Å². The fraction of sp³-hybridized carbons (Fsp3) is 0.308. The van der Waals surface area contributed by atoms with E-state index in [1.807, 2.05) is 12.1 Å². The molecule has 0 bridgehead atoms. The molecule has 0 saturated carbocycles. The summed E-state index contributed by atoms with van der Waals surface area (Å²) in [6, 6.07) is 15.2. The monoisotopic (exact) mass is 463 g/mol. The van der Waals surface area contributed by atoms with Crippen molar-refractivity contribution in [3.63, 3.8) is 0 Å². The lowest BCUT2D eigenvalue weighted by molar-refractivity contribution is -0.125. The number of nitrogens with one attached hydrogen (secondary N) is 2. The molecule has 8 nitrogen and oxygen atoms in total. The summed E-state index contributed by atoms with van der Waals surface area (Å²) in [6.45, 7) is 10.8. The summed E-state index contributed by atoms with van der Waals surface area (Å²) >= 11 is 0. The van der Waals surface area contributed by atoms with E-state index in [9.17, 15) is 9.90 Å². The van der Waals surface area contributed by atoms with E-state index in [-0.39, 0.29) is 5.92 Å². The molecule has 1 atom stereocenters. The average molecular weight is 464 g/mol. The summed E-state index contributed by atoms with van der Waals surface area (Å²) in [5.74, 6) is -0.0964. The first-order valence-corrected chi connectivity index (χ1v) is 11.3. The minimum Gasteiger partial charge on any atom is -0.398 e. The van der Waals surface area contributed by atoms with E-state index in [0.29, 0.717) is 17.2 Å². The summed E-state index contributed by atoms with van der Waals surface area (Å²) in [5, 5.41) is 15.7. The van der Waals surface area contributed by atoms with Gasteiger partial charge in [0.05, 0.1) is 13.2 Å². The number of amides is 1. The molecule has 0 aromatic heterocycles. The van der Waals surface area contributed by atoms with Crippen LogP contribution in [0.4, 0.5) is 17.1 Å². The molecule has 34 heavy (non-hydrogen) atoms. The molecule has 1 amide bonds. The number of morpholine rings is 1. The Labute approximate surface area is 200 Å². The molecular weight excluding hydrogens is 430 g/mol. The van der Waals surface area contributed by atoms with Gasteiger partial charge >= 0.3 is 0 Å². The highest BCUT2D eigenvalue weighted by molar-refractivity contribution is 5.94. The maximum atomic E-state index is 12.0. The molecule has 2 aromatic rings. The standard InChI is InChI=1S/C26H33N5O3/c1-18(2)25(32)26(33)30-22-6-4-20(5-7-22)24(27)12-13-28-19(3)29-21-8-10-23(11-9-21)31-14-16-34-17-15-31/h4-13,18,25,29,32H,3,14-17,27H2,1-2H3,(H,30,33)/b24-12-,28-13-/t25-/m1/s1. The number of nitrogens with two attached hydrogens (primary N) is 1. The Bertz CT molecular complexity index is 1020. The van der Waals surface area contributed by atoms with Gasteiger partial charge in [-0.3, -0.25) is 4.79 Å². The molecular formula is C26H33N5O3. The zero-order valence-corrected chi connectivity index (χ0v) is 19.7.